The summed E-state index contributed by atoms with van der Waals surface area (Å²) in [7, 11) is 1.47. The molecule has 1 aliphatic heterocycles. The predicted octanol–water partition coefficient (Wildman–Crippen LogP) is 0.923. The van der Waals surface area contributed by atoms with Gasteiger partial charge in [0.05, 0.1) is 13.0 Å². The second kappa shape index (κ2) is 7.26. The Kier molecular flexibility index (Phi) is 5.36. The van der Waals surface area contributed by atoms with E-state index < -0.39 is 0 Å². The van der Waals surface area contributed by atoms with Crippen molar-refractivity contribution < 1.29 is 9.53 Å². The van der Waals surface area contributed by atoms with Crippen LogP contribution in [0.4, 0.5) is 0 Å². The molecule has 1 saturated heterocycles. The van der Waals surface area contributed by atoms with Gasteiger partial charge in [0.2, 0.25) is 0 Å². The summed E-state index contributed by atoms with van der Waals surface area (Å²) >= 11 is 0. The van der Waals surface area contributed by atoms with Gasteiger partial charge in [0, 0.05) is 32.7 Å². The minimum absolute atomic E-state index is 0.0782. The third kappa shape index (κ3) is 4.33. The molecule has 19 heavy (non-hydrogen) atoms. The summed E-state index contributed by atoms with van der Waals surface area (Å²) in [6.07, 6.45) is 0.747. The molecule has 1 aromatic rings. The van der Waals surface area contributed by atoms with Crippen LogP contribution in [-0.4, -0.2) is 50.7 Å². The van der Waals surface area contributed by atoms with Crippen molar-refractivity contribution in [2.75, 3.05) is 39.8 Å². The molecule has 1 aliphatic rings. The highest BCUT2D eigenvalue weighted by atomic mass is 16.5. The molecule has 1 N–H and O–H groups in total. The first-order valence-corrected chi connectivity index (χ1v) is 6.84. The zero-order valence-corrected chi connectivity index (χ0v) is 11.5. The molecular formula is C15H22N2O2. The lowest BCUT2D eigenvalue weighted by Crippen LogP contribution is -2.46. The van der Waals surface area contributed by atoms with E-state index in [1.807, 2.05) is 18.2 Å². The highest BCUT2D eigenvalue weighted by Crippen LogP contribution is 2.12. The molecule has 1 heterocycles. The van der Waals surface area contributed by atoms with Gasteiger partial charge in [0.1, 0.15) is 0 Å². The fraction of sp³-hybridized carbons (Fsp3) is 0.533. The third-order valence-electron chi connectivity index (χ3n) is 3.55. The van der Waals surface area contributed by atoms with E-state index in [4.69, 9.17) is 4.74 Å². The van der Waals surface area contributed by atoms with Crippen molar-refractivity contribution in [1.29, 1.82) is 0 Å². The molecule has 0 saturated carbocycles. The highest BCUT2D eigenvalue weighted by molar-refractivity contribution is 5.73. The van der Waals surface area contributed by atoms with E-state index in [0.29, 0.717) is 0 Å². The molecule has 0 radical (unpaired) electrons. The molecule has 0 amide bonds. The first-order chi connectivity index (χ1) is 9.29. The fourth-order valence-electron chi connectivity index (χ4n) is 2.49. The molecule has 0 bridgehead atoms. The van der Waals surface area contributed by atoms with Crippen molar-refractivity contribution in [1.82, 2.24) is 10.2 Å². The molecule has 0 spiro atoms. The SMILES string of the molecule is COC(=O)C(Cc1ccccc1)CN1CCNCC1. The summed E-state index contributed by atoms with van der Waals surface area (Å²) in [5.41, 5.74) is 1.19. The molecule has 1 fully saturated rings. The number of esters is 1. The van der Waals surface area contributed by atoms with E-state index in [-0.39, 0.29) is 11.9 Å². The van der Waals surface area contributed by atoms with Gasteiger partial charge in [0.15, 0.2) is 0 Å². The maximum Gasteiger partial charge on any atom is 0.310 e. The lowest BCUT2D eigenvalue weighted by Gasteiger charge is -2.30. The minimum atomic E-state index is -0.109. The predicted molar refractivity (Wildman–Crippen MR) is 75.0 cm³/mol. The van der Waals surface area contributed by atoms with Crippen molar-refractivity contribution in [2.45, 2.75) is 6.42 Å². The summed E-state index contributed by atoms with van der Waals surface area (Å²) in [6.45, 7) is 4.78. The van der Waals surface area contributed by atoms with Crippen LogP contribution < -0.4 is 5.32 Å². The van der Waals surface area contributed by atoms with Crippen molar-refractivity contribution in [2.24, 2.45) is 5.92 Å². The Morgan fingerprint density at radius 2 is 2.00 bits per heavy atom. The second-order valence-corrected chi connectivity index (χ2v) is 4.96. The van der Waals surface area contributed by atoms with Crippen LogP contribution in [0.25, 0.3) is 0 Å². The lowest BCUT2D eigenvalue weighted by atomic mass is 9.98. The summed E-state index contributed by atoms with van der Waals surface area (Å²) in [6, 6.07) is 10.1. The van der Waals surface area contributed by atoms with Crippen LogP contribution in [0.3, 0.4) is 0 Å². The topological polar surface area (TPSA) is 41.6 Å². The smallest absolute Gasteiger partial charge is 0.310 e. The molecule has 1 aromatic carbocycles. The highest BCUT2D eigenvalue weighted by Gasteiger charge is 2.23. The van der Waals surface area contributed by atoms with Crippen molar-refractivity contribution in [3.05, 3.63) is 35.9 Å². The van der Waals surface area contributed by atoms with Gasteiger partial charge in [-0.3, -0.25) is 9.69 Å². The molecule has 1 unspecified atom stereocenters. The maximum absolute atomic E-state index is 11.9. The van der Waals surface area contributed by atoms with E-state index >= 15 is 0 Å². The van der Waals surface area contributed by atoms with Crippen LogP contribution in [0.1, 0.15) is 5.56 Å². The normalized spacial score (nSPS) is 17.9. The largest absolute Gasteiger partial charge is 0.469 e. The second-order valence-electron chi connectivity index (χ2n) is 4.96. The molecule has 104 valence electrons. The average Bonchev–Trinajstić information content (AvgIpc) is 2.48. The molecule has 2 rings (SSSR count). The van der Waals surface area contributed by atoms with E-state index in [2.05, 4.69) is 22.3 Å². The van der Waals surface area contributed by atoms with Gasteiger partial charge in [-0.05, 0) is 12.0 Å². The maximum atomic E-state index is 11.9. The lowest BCUT2D eigenvalue weighted by molar-refractivity contribution is -0.146. The van der Waals surface area contributed by atoms with Crippen LogP contribution in [0, 0.1) is 5.92 Å². The molecule has 0 aliphatic carbocycles. The number of methoxy groups -OCH3 is 1. The van der Waals surface area contributed by atoms with Crippen molar-refractivity contribution in [3.8, 4) is 0 Å². The zero-order chi connectivity index (χ0) is 13.5. The number of carbonyl (C=O) groups is 1. The summed E-state index contributed by atoms with van der Waals surface area (Å²) in [5, 5.41) is 3.32. The standard InChI is InChI=1S/C15H22N2O2/c1-19-15(18)14(11-13-5-3-2-4-6-13)12-17-9-7-16-8-10-17/h2-6,14,16H,7-12H2,1H3. The van der Waals surface area contributed by atoms with Gasteiger partial charge in [0.25, 0.3) is 0 Å². The van der Waals surface area contributed by atoms with Crippen LogP contribution in [0.2, 0.25) is 0 Å². The molecule has 4 nitrogen and oxygen atoms in total. The number of nitrogens with one attached hydrogen (secondary N) is 1. The Hall–Kier alpha value is -1.39. The van der Waals surface area contributed by atoms with Gasteiger partial charge >= 0.3 is 5.97 Å². The van der Waals surface area contributed by atoms with Gasteiger partial charge < -0.3 is 10.1 Å². The van der Waals surface area contributed by atoms with Gasteiger partial charge in [-0.25, -0.2) is 0 Å². The van der Waals surface area contributed by atoms with E-state index in [0.717, 1.165) is 39.1 Å². The quantitative estimate of drug-likeness (QED) is 0.801. The average molecular weight is 262 g/mol. The van der Waals surface area contributed by atoms with E-state index in [9.17, 15) is 4.79 Å². The number of hydrogen-bond acceptors (Lipinski definition) is 4. The van der Waals surface area contributed by atoms with E-state index in [1.54, 1.807) is 0 Å². The number of hydrogen-bond donors (Lipinski definition) is 1. The Morgan fingerprint density at radius 1 is 1.32 bits per heavy atom. The van der Waals surface area contributed by atoms with Crippen molar-refractivity contribution >= 4 is 5.97 Å². The van der Waals surface area contributed by atoms with Crippen LogP contribution in [0.5, 0.6) is 0 Å². The minimum Gasteiger partial charge on any atom is -0.469 e. The number of piperazine rings is 1. The van der Waals surface area contributed by atoms with Gasteiger partial charge in [-0.2, -0.15) is 0 Å². The summed E-state index contributed by atoms with van der Waals surface area (Å²) in [4.78, 5) is 14.3. The monoisotopic (exact) mass is 262 g/mol. The molecular weight excluding hydrogens is 240 g/mol. The van der Waals surface area contributed by atoms with Gasteiger partial charge in [-0.15, -0.1) is 0 Å². The molecule has 1 atom stereocenters. The van der Waals surface area contributed by atoms with Crippen molar-refractivity contribution in [3.63, 3.8) is 0 Å². The number of benzene rings is 1. The van der Waals surface area contributed by atoms with Crippen LogP contribution in [-0.2, 0) is 16.0 Å². The van der Waals surface area contributed by atoms with Gasteiger partial charge in [-0.1, -0.05) is 30.3 Å². The Labute approximate surface area is 114 Å². The Morgan fingerprint density at radius 3 is 2.63 bits per heavy atom. The number of ether oxygens (including phenoxy) is 1. The Bertz CT molecular complexity index is 388. The number of rotatable bonds is 5. The first-order valence-electron chi connectivity index (χ1n) is 6.84. The summed E-state index contributed by atoms with van der Waals surface area (Å²) in [5.74, 6) is -0.187. The molecule has 0 aromatic heterocycles. The fourth-order valence-corrected chi connectivity index (χ4v) is 2.49. The van der Waals surface area contributed by atoms with E-state index in [1.165, 1.54) is 12.7 Å². The number of carbonyl (C=O) groups excluding carboxylic acids is 1. The third-order valence-corrected chi connectivity index (χ3v) is 3.55. The zero-order valence-electron chi connectivity index (χ0n) is 11.5. The number of nitrogens with zero attached hydrogens (tertiary/aromatic N) is 1. The Balaban J connectivity index is 1.97. The summed E-state index contributed by atoms with van der Waals surface area (Å²) < 4.78 is 4.94. The molecule has 4 heteroatoms. The van der Waals surface area contributed by atoms with Crippen LogP contribution in [0.15, 0.2) is 30.3 Å². The first kappa shape index (κ1) is 14.0. The van der Waals surface area contributed by atoms with Crippen LogP contribution >= 0.6 is 0 Å².